The van der Waals surface area contributed by atoms with Crippen LogP contribution in [-0.4, -0.2) is 45.1 Å². The van der Waals surface area contributed by atoms with Crippen LogP contribution in [-0.2, 0) is 11.2 Å². The topological polar surface area (TPSA) is 69.2 Å². The van der Waals surface area contributed by atoms with Crippen LogP contribution in [0.15, 0.2) is 24.3 Å². The number of β-amino-alcohol motifs (C(OH)–C–C–N with tert-alkyl or cyclic N) is 1. The largest absolute Gasteiger partial charge is 0.389 e. The lowest BCUT2D eigenvalue weighted by molar-refractivity contribution is -0.141. The van der Waals surface area contributed by atoms with Gasteiger partial charge in [0.05, 0.1) is 17.1 Å². The molecule has 0 atom stereocenters. The number of aliphatic hydroxyl groups excluding tert-OH is 1. The van der Waals surface area contributed by atoms with Crippen LogP contribution >= 0.6 is 0 Å². The van der Waals surface area contributed by atoms with Crippen LogP contribution in [0, 0.1) is 0 Å². The Hall–Kier alpha value is -1.88. The molecule has 5 heteroatoms. The van der Waals surface area contributed by atoms with Crippen molar-refractivity contribution in [2.75, 3.05) is 13.1 Å². The lowest BCUT2D eigenvalue weighted by Gasteiger charge is -2.35. The molecule has 18 heavy (non-hydrogen) atoms. The molecule has 0 spiro atoms. The lowest BCUT2D eigenvalue weighted by atomic mass is 10.1. The van der Waals surface area contributed by atoms with E-state index in [1.807, 2.05) is 24.3 Å². The molecule has 1 aromatic carbocycles. The van der Waals surface area contributed by atoms with Gasteiger partial charge in [0.15, 0.2) is 0 Å². The summed E-state index contributed by atoms with van der Waals surface area (Å²) >= 11 is 0. The van der Waals surface area contributed by atoms with Gasteiger partial charge in [-0.05, 0) is 12.1 Å². The fourth-order valence-electron chi connectivity index (χ4n) is 2.17. The van der Waals surface area contributed by atoms with Gasteiger partial charge < -0.3 is 15.0 Å². The molecule has 94 valence electrons. The van der Waals surface area contributed by atoms with Gasteiger partial charge in [-0.3, -0.25) is 4.79 Å². The number of H-pyrrole nitrogens is 1. The van der Waals surface area contributed by atoms with Crippen molar-refractivity contribution in [3.05, 3.63) is 30.1 Å². The summed E-state index contributed by atoms with van der Waals surface area (Å²) in [5.74, 6) is 0.923. The van der Waals surface area contributed by atoms with Gasteiger partial charge >= 0.3 is 0 Å². The third kappa shape index (κ3) is 2.09. The molecule has 1 aliphatic rings. The lowest BCUT2D eigenvalue weighted by Crippen LogP contribution is -2.53. The summed E-state index contributed by atoms with van der Waals surface area (Å²) in [6.07, 6.45) is 0.715. The molecular weight excluding hydrogens is 230 g/mol. The molecule has 1 aliphatic heterocycles. The monoisotopic (exact) mass is 245 g/mol. The Balaban J connectivity index is 1.61. The van der Waals surface area contributed by atoms with Gasteiger partial charge in [-0.15, -0.1) is 0 Å². The van der Waals surface area contributed by atoms with E-state index in [4.69, 9.17) is 5.11 Å². The molecule has 2 N–H and O–H groups in total. The molecule has 1 aromatic heterocycles. The zero-order chi connectivity index (χ0) is 12.5. The number of rotatable bonds is 3. The summed E-state index contributed by atoms with van der Waals surface area (Å²) in [5.41, 5.74) is 1.93. The molecule has 0 unspecified atom stereocenters. The molecule has 2 heterocycles. The number of hydrogen-bond acceptors (Lipinski definition) is 3. The summed E-state index contributed by atoms with van der Waals surface area (Å²) in [4.78, 5) is 21.0. The number of aromatic amines is 1. The first kappa shape index (κ1) is 11.2. The molecule has 5 nitrogen and oxygen atoms in total. The molecule has 1 fully saturated rings. The average Bonchev–Trinajstić information content (AvgIpc) is 2.74. The predicted octanol–water partition coefficient (Wildman–Crippen LogP) is 0.699. The smallest absolute Gasteiger partial charge is 0.223 e. The number of amides is 1. The summed E-state index contributed by atoms with van der Waals surface area (Å²) in [5, 5.41) is 9.14. The minimum atomic E-state index is -0.333. The Bertz CT molecular complexity index is 539. The number of aliphatic hydroxyl groups is 1. The number of carbonyl (C=O) groups is 1. The number of fused-ring (bicyclic) bond motifs is 1. The Morgan fingerprint density at radius 2 is 2.22 bits per heavy atom. The van der Waals surface area contributed by atoms with E-state index in [0.29, 0.717) is 25.9 Å². The number of aryl methyl sites for hydroxylation is 1. The molecule has 1 amide bonds. The van der Waals surface area contributed by atoms with E-state index in [1.54, 1.807) is 4.90 Å². The molecular formula is C13H15N3O2. The number of hydrogen-bond donors (Lipinski definition) is 2. The van der Waals surface area contributed by atoms with E-state index in [0.717, 1.165) is 16.9 Å². The van der Waals surface area contributed by atoms with Crippen molar-refractivity contribution in [3.8, 4) is 0 Å². The van der Waals surface area contributed by atoms with Crippen LogP contribution in [0.4, 0.5) is 0 Å². The molecule has 3 rings (SSSR count). The predicted molar refractivity (Wildman–Crippen MR) is 67.0 cm³/mol. The van der Waals surface area contributed by atoms with Crippen LogP contribution in [0.2, 0.25) is 0 Å². The number of aromatic nitrogens is 2. The van der Waals surface area contributed by atoms with Crippen LogP contribution in [0.25, 0.3) is 11.0 Å². The highest BCUT2D eigenvalue weighted by molar-refractivity contribution is 5.78. The molecule has 0 bridgehead atoms. The van der Waals surface area contributed by atoms with E-state index in [-0.39, 0.29) is 12.0 Å². The van der Waals surface area contributed by atoms with Crippen LogP contribution < -0.4 is 0 Å². The molecule has 1 saturated heterocycles. The first-order chi connectivity index (χ1) is 8.72. The second kappa shape index (κ2) is 4.42. The Morgan fingerprint density at radius 1 is 1.44 bits per heavy atom. The highest BCUT2D eigenvalue weighted by Gasteiger charge is 2.28. The SMILES string of the molecule is O=C(CCc1nc2ccccc2[nH]1)N1CC(O)C1. The standard InChI is InChI=1S/C13H15N3O2/c17-9-7-16(8-9)13(18)6-5-12-14-10-3-1-2-4-11(10)15-12/h1-4,9,17H,5-8H2,(H,14,15). The summed E-state index contributed by atoms with van der Waals surface area (Å²) in [7, 11) is 0. The first-order valence-corrected chi connectivity index (χ1v) is 6.12. The number of carbonyl (C=O) groups excluding carboxylic acids is 1. The van der Waals surface area contributed by atoms with Crippen LogP contribution in [0.3, 0.4) is 0 Å². The number of para-hydroxylation sites is 2. The number of benzene rings is 1. The van der Waals surface area contributed by atoms with Gasteiger partial charge in [-0.25, -0.2) is 4.98 Å². The van der Waals surface area contributed by atoms with Gasteiger partial charge in [0.1, 0.15) is 5.82 Å². The zero-order valence-corrected chi connectivity index (χ0v) is 9.97. The fourth-order valence-corrected chi connectivity index (χ4v) is 2.17. The summed E-state index contributed by atoms with van der Waals surface area (Å²) in [6, 6.07) is 7.82. The average molecular weight is 245 g/mol. The zero-order valence-electron chi connectivity index (χ0n) is 9.97. The minimum absolute atomic E-state index is 0.0840. The fraction of sp³-hybridized carbons (Fsp3) is 0.385. The van der Waals surface area contributed by atoms with Gasteiger partial charge in [-0.1, -0.05) is 12.1 Å². The Morgan fingerprint density at radius 3 is 2.94 bits per heavy atom. The van der Waals surface area contributed by atoms with Crippen LogP contribution in [0.1, 0.15) is 12.2 Å². The number of nitrogens with one attached hydrogen (secondary N) is 1. The minimum Gasteiger partial charge on any atom is -0.389 e. The summed E-state index contributed by atoms with van der Waals surface area (Å²) < 4.78 is 0. The third-order valence-electron chi connectivity index (χ3n) is 3.23. The molecule has 0 saturated carbocycles. The maximum atomic E-state index is 11.7. The number of nitrogens with zero attached hydrogens (tertiary/aromatic N) is 2. The van der Waals surface area contributed by atoms with E-state index in [9.17, 15) is 4.79 Å². The van der Waals surface area contributed by atoms with Crippen LogP contribution in [0.5, 0.6) is 0 Å². The van der Waals surface area contributed by atoms with E-state index in [1.165, 1.54) is 0 Å². The Kier molecular flexibility index (Phi) is 2.76. The van der Waals surface area contributed by atoms with Gasteiger partial charge in [0.2, 0.25) is 5.91 Å². The van der Waals surface area contributed by atoms with Crippen molar-refractivity contribution < 1.29 is 9.90 Å². The molecule has 0 radical (unpaired) electrons. The maximum absolute atomic E-state index is 11.7. The highest BCUT2D eigenvalue weighted by atomic mass is 16.3. The quantitative estimate of drug-likeness (QED) is 0.836. The first-order valence-electron chi connectivity index (χ1n) is 6.12. The van der Waals surface area contributed by atoms with E-state index in [2.05, 4.69) is 9.97 Å². The highest BCUT2D eigenvalue weighted by Crippen LogP contribution is 2.13. The van der Waals surface area contributed by atoms with Crippen molar-refractivity contribution >= 4 is 16.9 Å². The maximum Gasteiger partial charge on any atom is 0.223 e. The Labute approximate surface area is 104 Å². The van der Waals surface area contributed by atoms with Crippen molar-refractivity contribution in [1.82, 2.24) is 14.9 Å². The van der Waals surface area contributed by atoms with E-state index >= 15 is 0 Å². The number of imidazole rings is 1. The van der Waals surface area contributed by atoms with Crippen molar-refractivity contribution in [3.63, 3.8) is 0 Å². The second-order valence-corrected chi connectivity index (χ2v) is 4.65. The van der Waals surface area contributed by atoms with Gasteiger partial charge in [0, 0.05) is 25.9 Å². The van der Waals surface area contributed by atoms with Gasteiger partial charge in [0.25, 0.3) is 0 Å². The second-order valence-electron chi connectivity index (χ2n) is 4.65. The van der Waals surface area contributed by atoms with Crippen molar-refractivity contribution in [1.29, 1.82) is 0 Å². The third-order valence-corrected chi connectivity index (χ3v) is 3.23. The number of likely N-dealkylation sites (tertiary alicyclic amines) is 1. The van der Waals surface area contributed by atoms with Gasteiger partial charge in [-0.2, -0.15) is 0 Å². The molecule has 0 aliphatic carbocycles. The van der Waals surface area contributed by atoms with Crippen molar-refractivity contribution in [2.24, 2.45) is 0 Å². The normalized spacial score (nSPS) is 15.9. The van der Waals surface area contributed by atoms with Crippen molar-refractivity contribution in [2.45, 2.75) is 18.9 Å². The molecule has 2 aromatic rings. The van der Waals surface area contributed by atoms with E-state index < -0.39 is 0 Å². The summed E-state index contributed by atoms with van der Waals surface area (Å²) in [6.45, 7) is 0.942.